The lowest BCUT2D eigenvalue weighted by molar-refractivity contribution is 0.0607. The van der Waals surface area contributed by atoms with Crippen molar-refractivity contribution in [2.45, 2.75) is 0 Å². The van der Waals surface area contributed by atoms with Crippen LogP contribution >= 0.6 is 11.3 Å². The second kappa shape index (κ2) is 4.81. The smallest absolute Gasteiger partial charge is 0.350 e. The van der Waals surface area contributed by atoms with Crippen LogP contribution < -0.4 is 9.64 Å². The Bertz CT molecular complexity index is 592. The summed E-state index contributed by atoms with van der Waals surface area (Å²) in [6, 6.07) is 1.78. The molecular formula is C12H14N2O3S. The van der Waals surface area contributed by atoms with Gasteiger partial charge in [0.25, 0.3) is 0 Å². The largest absolute Gasteiger partial charge is 0.495 e. The number of esters is 1. The number of pyridine rings is 1. The Labute approximate surface area is 109 Å². The number of fused-ring (bicyclic) bond motifs is 1. The molecule has 0 bridgehead atoms. The molecule has 0 fully saturated rings. The predicted octanol–water partition coefficient (Wildman–Crippen LogP) is 2.16. The third kappa shape index (κ3) is 1.88. The SMILES string of the molecule is COC(=O)c1sc2c(OC)ccnc2c1N(C)C. The van der Waals surface area contributed by atoms with Gasteiger partial charge in [-0.25, -0.2) is 4.79 Å². The average molecular weight is 266 g/mol. The standard InChI is InChI=1S/C12H14N2O3S/c1-14(2)9-8-10(7(16-3)5-6-13-8)18-11(9)12(15)17-4/h5-6H,1-4H3. The van der Waals surface area contributed by atoms with Crippen LogP contribution in [0.15, 0.2) is 12.3 Å². The summed E-state index contributed by atoms with van der Waals surface area (Å²) in [5.41, 5.74) is 1.52. The van der Waals surface area contributed by atoms with Crippen molar-refractivity contribution in [3.63, 3.8) is 0 Å². The molecule has 0 radical (unpaired) electrons. The topological polar surface area (TPSA) is 51.7 Å². The second-order valence-electron chi connectivity index (χ2n) is 3.86. The molecule has 6 heteroatoms. The fourth-order valence-corrected chi connectivity index (χ4v) is 3.01. The van der Waals surface area contributed by atoms with E-state index in [4.69, 9.17) is 9.47 Å². The summed E-state index contributed by atoms with van der Waals surface area (Å²) in [7, 11) is 6.71. The van der Waals surface area contributed by atoms with E-state index in [1.165, 1.54) is 18.4 Å². The summed E-state index contributed by atoms with van der Waals surface area (Å²) in [6.45, 7) is 0. The minimum atomic E-state index is -0.358. The van der Waals surface area contributed by atoms with Crippen molar-refractivity contribution in [3.05, 3.63) is 17.1 Å². The fourth-order valence-electron chi connectivity index (χ4n) is 1.76. The Morgan fingerprint density at radius 3 is 2.67 bits per heavy atom. The van der Waals surface area contributed by atoms with Gasteiger partial charge in [0.05, 0.1) is 24.6 Å². The number of carbonyl (C=O) groups excluding carboxylic acids is 1. The normalized spacial score (nSPS) is 10.4. The van der Waals surface area contributed by atoms with E-state index in [2.05, 4.69) is 4.98 Å². The molecule has 0 saturated carbocycles. The highest BCUT2D eigenvalue weighted by molar-refractivity contribution is 7.21. The summed E-state index contributed by atoms with van der Waals surface area (Å²) in [4.78, 5) is 18.5. The number of methoxy groups -OCH3 is 2. The van der Waals surface area contributed by atoms with E-state index in [1.807, 2.05) is 19.0 Å². The highest BCUT2D eigenvalue weighted by Crippen LogP contribution is 2.40. The Kier molecular flexibility index (Phi) is 3.38. The lowest BCUT2D eigenvalue weighted by Crippen LogP contribution is -2.13. The summed E-state index contributed by atoms with van der Waals surface area (Å²) in [5, 5.41) is 0. The van der Waals surface area contributed by atoms with Crippen molar-refractivity contribution in [1.29, 1.82) is 0 Å². The van der Waals surface area contributed by atoms with Gasteiger partial charge in [0.2, 0.25) is 0 Å². The van der Waals surface area contributed by atoms with Gasteiger partial charge in [-0.3, -0.25) is 4.98 Å². The zero-order valence-electron chi connectivity index (χ0n) is 10.7. The summed E-state index contributed by atoms with van der Waals surface area (Å²) >= 11 is 1.33. The van der Waals surface area contributed by atoms with Crippen LogP contribution in [0.25, 0.3) is 10.2 Å². The number of hydrogen-bond acceptors (Lipinski definition) is 6. The van der Waals surface area contributed by atoms with E-state index in [0.717, 1.165) is 15.9 Å². The van der Waals surface area contributed by atoms with Gasteiger partial charge in [0.15, 0.2) is 0 Å². The number of thiophene rings is 1. The first-order chi connectivity index (χ1) is 8.60. The number of anilines is 1. The summed E-state index contributed by atoms with van der Waals surface area (Å²) in [6.07, 6.45) is 1.67. The summed E-state index contributed by atoms with van der Waals surface area (Å²) in [5.74, 6) is 0.354. The van der Waals surface area contributed by atoms with Gasteiger partial charge >= 0.3 is 5.97 Å². The maximum Gasteiger partial charge on any atom is 0.350 e. The van der Waals surface area contributed by atoms with E-state index >= 15 is 0 Å². The molecule has 2 rings (SSSR count). The average Bonchev–Trinajstić information content (AvgIpc) is 2.76. The Hall–Kier alpha value is -1.82. The van der Waals surface area contributed by atoms with Crippen LogP contribution in [0.1, 0.15) is 9.67 Å². The number of carbonyl (C=O) groups is 1. The van der Waals surface area contributed by atoms with Crippen LogP contribution in [0.5, 0.6) is 5.75 Å². The van der Waals surface area contributed by atoms with Crippen LogP contribution in [0.4, 0.5) is 5.69 Å². The van der Waals surface area contributed by atoms with E-state index in [9.17, 15) is 4.79 Å². The van der Waals surface area contributed by atoms with Crippen molar-refractivity contribution in [2.75, 3.05) is 33.2 Å². The molecular weight excluding hydrogens is 252 g/mol. The molecule has 5 nitrogen and oxygen atoms in total. The third-order valence-electron chi connectivity index (χ3n) is 2.55. The molecule has 2 heterocycles. The zero-order chi connectivity index (χ0) is 13.3. The number of rotatable bonds is 3. The van der Waals surface area contributed by atoms with Crippen LogP contribution in [-0.2, 0) is 4.74 Å². The van der Waals surface area contributed by atoms with E-state index in [-0.39, 0.29) is 5.97 Å². The third-order valence-corrected chi connectivity index (χ3v) is 3.71. The van der Waals surface area contributed by atoms with Crippen LogP contribution in [0.2, 0.25) is 0 Å². The zero-order valence-corrected chi connectivity index (χ0v) is 11.5. The first-order valence-corrected chi connectivity index (χ1v) is 6.13. The molecule has 0 unspecified atom stereocenters. The molecule has 0 saturated heterocycles. The number of nitrogens with zero attached hydrogens (tertiary/aromatic N) is 2. The number of ether oxygens (including phenoxy) is 2. The van der Waals surface area contributed by atoms with Gasteiger partial charge in [0.1, 0.15) is 16.1 Å². The van der Waals surface area contributed by atoms with Crippen molar-refractivity contribution < 1.29 is 14.3 Å². The van der Waals surface area contributed by atoms with Crippen molar-refractivity contribution in [3.8, 4) is 5.75 Å². The van der Waals surface area contributed by atoms with E-state index in [0.29, 0.717) is 10.6 Å². The number of hydrogen-bond donors (Lipinski definition) is 0. The highest BCUT2D eigenvalue weighted by Gasteiger charge is 2.23. The molecule has 96 valence electrons. The minimum Gasteiger partial charge on any atom is -0.495 e. The van der Waals surface area contributed by atoms with Gasteiger partial charge in [-0.15, -0.1) is 11.3 Å². The molecule has 18 heavy (non-hydrogen) atoms. The first-order valence-electron chi connectivity index (χ1n) is 5.31. The van der Waals surface area contributed by atoms with E-state index in [1.54, 1.807) is 19.4 Å². The quantitative estimate of drug-likeness (QED) is 0.797. The van der Waals surface area contributed by atoms with Crippen molar-refractivity contribution >= 4 is 33.2 Å². The maximum atomic E-state index is 11.8. The predicted molar refractivity (Wildman–Crippen MR) is 71.8 cm³/mol. The Balaban J connectivity index is 2.78. The molecule has 2 aromatic rings. The monoisotopic (exact) mass is 266 g/mol. The van der Waals surface area contributed by atoms with Gasteiger partial charge in [-0.2, -0.15) is 0 Å². The molecule has 0 aliphatic rings. The van der Waals surface area contributed by atoms with Crippen molar-refractivity contribution in [2.24, 2.45) is 0 Å². The van der Waals surface area contributed by atoms with E-state index < -0.39 is 0 Å². The van der Waals surface area contributed by atoms with Gasteiger partial charge in [-0.05, 0) is 6.07 Å². The Morgan fingerprint density at radius 1 is 1.39 bits per heavy atom. The molecule has 0 amide bonds. The minimum absolute atomic E-state index is 0.358. The summed E-state index contributed by atoms with van der Waals surface area (Å²) < 4.78 is 10.9. The lowest BCUT2D eigenvalue weighted by atomic mass is 10.3. The van der Waals surface area contributed by atoms with Crippen LogP contribution in [0.3, 0.4) is 0 Å². The fraction of sp³-hybridized carbons (Fsp3) is 0.333. The van der Waals surface area contributed by atoms with Crippen LogP contribution in [0, 0.1) is 0 Å². The number of aromatic nitrogens is 1. The molecule has 2 aromatic heterocycles. The molecule has 0 aliphatic carbocycles. The molecule has 0 atom stereocenters. The molecule has 0 N–H and O–H groups in total. The first kappa shape index (κ1) is 12.6. The maximum absolute atomic E-state index is 11.8. The Morgan fingerprint density at radius 2 is 2.11 bits per heavy atom. The molecule has 0 aromatic carbocycles. The molecule has 0 spiro atoms. The lowest BCUT2D eigenvalue weighted by Gasteiger charge is -2.12. The van der Waals surface area contributed by atoms with Crippen molar-refractivity contribution in [1.82, 2.24) is 4.98 Å². The van der Waals surface area contributed by atoms with Gasteiger partial charge in [0, 0.05) is 20.3 Å². The highest BCUT2D eigenvalue weighted by atomic mass is 32.1. The second-order valence-corrected chi connectivity index (χ2v) is 4.88. The van der Waals surface area contributed by atoms with Crippen LogP contribution in [-0.4, -0.2) is 39.3 Å². The molecule has 0 aliphatic heterocycles. The van der Waals surface area contributed by atoms with Gasteiger partial charge in [-0.1, -0.05) is 0 Å². The van der Waals surface area contributed by atoms with Gasteiger partial charge < -0.3 is 14.4 Å².